The van der Waals surface area contributed by atoms with Crippen LogP contribution in [0.25, 0.3) is 0 Å². The molecule has 0 spiro atoms. The van der Waals surface area contributed by atoms with Gasteiger partial charge in [-0.1, -0.05) is 12.8 Å². The molecule has 0 saturated heterocycles. The van der Waals surface area contributed by atoms with Crippen molar-refractivity contribution in [3.8, 4) is 0 Å². The van der Waals surface area contributed by atoms with Gasteiger partial charge in [-0.25, -0.2) is 18.2 Å². The lowest BCUT2D eigenvalue weighted by Crippen LogP contribution is -2.28. The molecule has 2 rings (SSSR count). The Kier molecular flexibility index (Phi) is 4.46. The molecule has 0 aliphatic heterocycles. The standard InChI is InChI=1S/C12H18N2O5S/c1-14(2)20(16,17)11-8-7-10(18-11)12(15)13-19-9-5-3-4-6-9/h7-9H,3-6H2,1-2H3,(H,13,15). The first-order chi connectivity index (χ1) is 9.41. The zero-order valence-corrected chi connectivity index (χ0v) is 12.3. The van der Waals surface area contributed by atoms with Crippen LogP contribution in [0.15, 0.2) is 21.6 Å². The predicted octanol–water partition coefficient (Wildman–Crippen LogP) is 1.13. The van der Waals surface area contributed by atoms with E-state index in [1.165, 1.54) is 26.2 Å². The molecule has 0 unspecified atom stereocenters. The molecule has 112 valence electrons. The molecule has 1 aliphatic rings. The Bertz CT molecular complexity index is 572. The number of nitrogens with zero attached hydrogens (tertiary/aromatic N) is 1. The van der Waals surface area contributed by atoms with Crippen LogP contribution in [0.5, 0.6) is 0 Å². The number of carbonyl (C=O) groups is 1. The van der Waals surface area contributed by atoms with E-state index in [1.54, 1.807) is 0 Å². The summed E-state index contributed by atoms with van der Waals surface area (Å²) in [5.74, 6) is -0.680. The number of hydrogen-bond donors (Lipinski definition) is 1. The van der Waals surface area contributed by atoms with Crippen LogP contribution in [-0.4, -0.2) is 38.8 Å². The average molecular weight is 302 g/mol. The van der Waals surface area contributed by atoms with E-state index in [4.69, 9.17) is 9.25 Å². The van der Waals surface area contributed by atoms with Gasteiger partial charge in [-0.3, -0.25) is 9.63 Å². The van der Waals surface area contributed by atoms with Gasteiger partial charge in [0.1, 0.15) is 0 Å². The van der Waals surface area contributed by atoms with Crippen molar-refractivity contribution < 1.29 is 22.5 Å². The van der Waals surface area contributed by atoms with E-state index in [-0.39, 0.29) is 17.0 Å². The van der Waals surface area contributed by atoms with Gasteiger partial charge in [0.15, 0.2) is 5.76 Å². The normalized spacial score (nSPS) is 16.8. The number of rotatable bonds is 5. The number of amides is 1. The SMILES string of the molecule is CN(C)S(=O)(=O)c1ccc(C(=O)NOC2CCCC2)o1. The van der Waals surface area contributed by atoms with Gasteiger partial charge in [0.25, 0.3) is 10.0 Å². The molecule has 1 fully saturated rings. The van der Waals surface area contributed by atoms with Crippen molar-refractivity contribution in [2.24, 2.45) is 0 Å². The summed E-state index contributed by atoms with van der Waals surface area (Å²) in [6, 6.07) is 2.56. The molecule has 0 bridgehead atoms. The fourth-order valence-corrected chi connectivity index (χ4v) is 2.75. The van der Waals surface area contributed by atoms with Gasteiger partial charge in [-0.05, 0) is 25.0 Å². The van der Waals surface area contributed by atoms with Crippen molar-refractivity contribution in [3.63, 3.8) is 0 Å². The van der Waals surface area contributed by atoms with Crippen molar-refractivity contribution in [1.82, 2.24) is 9.79 Å². The Balaban J connectivity index is 1.99. The third kappa shape index (κ3) is 3.20. The molecule has 7 nitrogen and oxygen atoms in total. The maximum atomic E-state index is 11.8. The first-order valence-electron chi connectivity index (χ1n) is 6.39. The van der Waals surface area contributed by atoms with Gasteiger partial charge < -0.3 is 4.42 Å². The van der Waals surface area contributed by atoms with Crippen LogP contribution in [0.4, 0.5) is 0 Å². The smallest absolute Gasteiger partial charge is 0.310 e. The van der Waals surface area contributed by atoms with Crippen LogP contribution in [0.1, 0.15) is 36.2 Å². The molecule has 1 aliphatic carbocycles. The number of sulfonamides is 1. The summed E-state index contributed by atoms with van der Waals surface area (Å²) >= 11 is 0. The maximum absolute atomic E-state index is 11.8. The highest BCUT2D eigenvalue weighted by Gasteiger charge is 2.24. The summed E-state index contributed by atoms with van der Waals surface area (Å²) in [5.41, 5.74) is 2.29. The van der Waals surface area contributed by atoms with Crippen LogP contribution in [-0.2, 0) is 14.9 Å². The molecule has 1 aromatic heterocycles. The molecule has 1 aromatic rings. The van der Waals surface area contributed by atoms with Gasteiger partial charge >= 0.3 is 5.91 Å². The molecule has 1 heterocycles. The van der Waals surface area contributed by atoms with Crippen molar-refractivity contribution in [2.75, 3.05) is 14.1 Å². The summed E-state index contributed by atoms with van der Waals surface area (Å²) in [4.78, 5) is 17.0. The van der Waals surface area contributed by atoms with Crippen LogP contribution >= 0.6 is 0 Å². The molecule has 1 saturated carbocycles. The van der Waals surface area contributed by atoms with E-state index < -0.39 is 15.9 Å². The molecule has 0 atom stereocenters. The molecule has 1 N–H and O–H groups in total. The van der Waals surface area contributed by atoms with E-state index >= 15 is 0 Å². The molecule has 8 heteroatoms. The zero-order valence-electron chi connectivity index (χ0n) is 11.5. The summed E-state index contributed by atoms with van der Waals surface area (Å²) < 4.78 is 29.7. The Morgan fingerprint density at radius 1 is 1.35 bits per heavy atom. The largest absolute Gasteiger partial charge is 0.438 e. The fourth-order valence-electron chi connectivity index (χ4n) is 1.95. The molecular formula is C12H18N2O5S. The van der Waals surface area contributed by atoms with Gasteiger partial charge in [0.05, 0.1) is 6.10 Å². The molecule has 1 amide bonds. The summed E-state index contributed by atoms with van der Waals surface area (Å²) in [6.07, 6.45) is 4.04. The zero-order chi connectivity index (χ0) is 14.8. The van der Waals surface area contributed by atoms with E-state index in [0.29, 0.717) is 0 Å². The van der Waals surface area contributed by atoms with Gasteiger partial charge in [-0.2, -0.15) is 0 Å². The van der Waals surface area contributed by atoms with Gasteiger partial charge in [0.2, 0.25) is 5.09 Å². The Labute approximate surface area is 117 Å². The molecule has 0 aromatic carbocycles. The summed E-state index contributed by atoms with van der Waals surface area (Å²) in [7, 11) is -0.895. The summed E-state index contributed by atoms with van der Waals surface area (Å²) in [6.45, 7) is 0. The van der Waals surface area contributed by atoms with Crippen LogP contribution in [0.2, 0.25) is 0 Å². The van der Waals surface area contributed by atoms with E-state index in [9.17, 15) is 13.2 Å². The molecular weight excluding hydrogens is 284 g/mol. The van der Waals surface area contributed by atoms with E-state index in [1.807, 2.05) is 0 Å². The second-order valence-corrected chi connectivity index (χ2v) is 6.94. The van der Waals surface area contributed by atoms with E-state index in [0.717, 1.165) is 30.0 Å². The molecule has 20 heavy (non-hydrogen) atoms. The highest BCUT2D eigenvalue weighted by molar-refractivity contribution is 7.88. The highest BCUT2D eigenvalue weighted by atomic mass is 32.2. The third-order valence-electron chi connectivity index (χ3n) is 3.16. The monoisotopic (exact) mass is 302 g/mol. The number of hydrogen-bond acceptors (Lipinski definition) is 5. The number of carbonyl (C=O) groups excluding carboxylic acids is 1. The average Bonchev–Trinajstić information content (AvgIpc) is 3.07. The minimum absolute atomic E-state index is 0.0268. The van der Waals surface area contributed by atoms with Gasteiger partial charge in [-0.15, -0.1) is 0 Å². The first-order valence-corrected chi connectivity index (χ1v) is 7.83. The topological polar surface area (TPSA) is 88.9 Å². The third-order valence-corrected chi connectivity index (χ3v) is 4.85. The van der Waals surface area contributed by atoms with Gasteiger partial charge in [0, 0.05) is 14.1 Å². The number of furan rings is 1. The molecule has 0 radical (unpaired) electrons. The predicted molar refractivity (Wildman–Crippen MR) is 70.4 cm³/mol. The minimum atomic E-state index is -3.67. The maximum Gasteiger partial charge on any atom is 0.310 e. The van der Waals surface area contributed by atoms with Crippen LogP contribution in [0, 0.1) is 0 Å². The minimum Gasteiger partial charge on any atom is -0.438 e. The van der Waals surface area contributed by atoms with Crippen molar-refractivity contribution >= 4 is 15.9 Å². The number of nitrogens with one attached hydrogen (secondary N) is 1. The van der Waals surface area contributed by atoms with Crippen molar-refractivity contribution in [1.29, 1.82) is 0 Å². The lowest BCUT2D eigenvalue weighted by atomic mass is 10.3. The highest BCUT2D eigenvalue weighted by Crippen LogP contribution is 2.20. The summed E-state index contributed by atoms with van der Waals surface area (Å²) in [5, 5.41) is -0.270. The Morgan fingerprint density at radius 3 is 2.60 bits per heavy atom. The second kappa shape index (κ2) is 5.94. The number of hydroxylamine groups is 1. The first kappa shape index (κ1) is 15.0. The van der Waals surface area contributed by atoms with Crippen molar-refractivity contribution in [2.45, 2.75) is 36.9 Å². The van der Waals surface area contributed by atoms with E-state index in [2.05, 4.69) is 5.48 Å². The van der Waals surface area contributed by atoms with Crippen LogP contribution in [0.3, 0.4) is 0 Å². The van der Waals surface area contributed by atoms with Crippen LogP contribution < -0.4 is 5.48 Å². The Hall–Kier alpha value is -1.38. The lowest BCUT2D eigenvalue weighted by Gasteiger charge is -2.10. The lowest BCUT2D eigenvalue weighted by molar-refractivity contribution is -0.0141. The second-order valence-electron chi connectivity index (χ2n) is 4.86. The van der Waals surface area contributed by atoms with Crippen molar-refractivity contribution in [3.05, 3.63) is 17.9 Å². The quantitative estimate of drug-likeness (QED) is 0.824. The fraction of sp³-hybridized carbons (Fsp3) is 0.583. The Morgan fingerprint density at radius 2 is 2.00 bits per heavy atom.